The number of carbonyl (C=O) groups excluding carboxylic acids is 4. The van der Waals surface area contributed by atoms with Crippen molar-refractivity contribution in [1.29, 1.82) is 0 Å². The third-order valence-electron chi connectivity index (χ3n) is 10.0. The molecule has 3 aliphatic rings. The molecule has 1 aromatic rings. The average molecular weight is 652 g/mol. The monoisotopic (exact) mass is 651 g/mol. The highest BCUT2D eigenvalue weighted by Crippen LogP contribution is 2.59. The van der Waals surface area contributed by atoms with E-state index in [1.165, 1.54) is 0 Å². The van der Waals surface area contributed by atoms with Crippen LogP contribution in [0.3, 0.4) is 0 Å². The first-order valence-electron chi connectivity index (χ1n) is 17.3. The SMILES string of the molecule is C=CCCC(=O)N[C@H](C)[C@@H](OC(=O)[C@@H]1[C@H]2C(=O)N(CCCCCO)[C@H](C(=O)N(CC=C)C(C)CCC)[C@]23CC[C@H]1O3)c1ccccc1. The van der Waals surface area contributed by atoms with Crippen LogP contribution in [0.15, 0.2) is 55.6 Å². The molecule has 0 saturated carbocycles. The molecule has 8 atom stereocenters. The number of rotatable bonds is 19. The standard InChI is InChI=1S/C37H53N3O7/c1-6-9-19-29(42)38-26(5)32(27-17-12-10-13-18-27)46-36(45)30-28-20-21-37(47-28)31(30)34(43)40(23-14-11-15-24-41)33(37)35(44)39(22-8-3)25(4)16-7-2/h6,8,10,12-13,17-18,25-26,28,30-33,41H,1,3,7,9,11,14-16,19-24H2,2,4-5H3,(H,38,42)/t25?,26-,28-,30+,31+,32-,33-,37+/m1/s1. The fourth-order valence-electron chi connectivity index (χ4n) is 7.81. The number of hydrogen-bond donors (Lipinski definition) is 2. The van der Waals surface area contributed by atoms with E-state index in [4.69, 9.17) is 9.47 Å². The average Bonchev–Trinajstić information content (AvgIpc) is 3.70. The Balaban J connectivity index is 1.65. The molecule has 4 rings (SSSR count). The van der Waals surface area contributed by atoms with Gasteiger partial charge in [0.25, 0.3) is 0 Å². The van der Waals surface area contributed by atoms with Gasteiger partial charge in [0.05, 0.1) is 24.0 Å². The minimum absolute atomic E-state index is 0.0545. The van der Waals surface area contributed by atoms with Crippen molar-refractivity contribution in [3.63, 3.8) is 0 Å². The number of nitrogens with zero attached hydrogens (tertiary/aromatic N) is 2. The van der Waals surface area contributed by atoms with Crippen molar-refractivity contribution in [2.45, 2.75) is 114 Å². The van der Waals surface area contributed by atoms with Crippen LogP contribution in [0.25, 0.3) is 0 Å². The van der Waals surface area contributed by atoms with Gasteiger partial charge in [0.2, 0.25) is 17.7 Å². The van der Waals surface area contributed by atoms with Crippen LogP contribution < -0.4 is 5.32 Å². The summed E-state index contributed by atoms with van der Waals surface area (Å²) in [5.41, 5.74) is -0.421. The molecule has 47 heavy (non-hydrogen) atoms. The molecule has 0 aromatic heterocycles. The number of hydrogen-bond acceptors (Lipinski definition) is 7. The van der Waals surface area contributed by atoms with Crippen LogP contribution in [0.5, 0.6) is 0 Å². The van der Waals surface area contributed by atoms with Gasteiger partial charge in [-0.25, -0.2) is 0 Å². The zero-order valence-corrected chi connectivity index (χ0v) is 28.3. The Morgan fingerprint density at radius 2 is 1.91 bits per heavy atom. The van der Waals surface area contributed by atoms with E-state index in [0.717, 1.165) is 18.4 Å². The predicted octanol–water partition coefficient (Wildman–Crippen LogP) is 4.48. The summed E-state index contributed by atoms with van der Waals surface area (Å²) in [7, 11) is 0. The van der Waals surface area contributed by atoms with E-state index >= 15 is 0 Å². The van der Waals surface area contributed by atoms with E-state index in [0.29, 0.717) is 51.6 Å². The molecule has 10 heteroatoms. The van der Waals surface area contributed by atoms with Crippen molar-refractivity contribution >= 4 is 23.7 Å². The van der Waals surface area contributed by atoms with Gasteiger partial charge in [-0.15, -0.1) is 13.2 Å². The van der Waals surface area contributed by atoms with Crippen molar-refractivity contribution in [2.24, 2.45) is 11.8 Å². The van der Waals surface area contributed by atoms with Gasteiger partial charge in [-0.1, -0.05) is 55.8 Å². The van der Waals surface area contributed by atoms with Crippen LogP contribution in [0.1, 0.15) is 90.2 Å². The van der Waals surface area contributed by atoms with Crippen LogP contribution >= 0.6 is 0 Å². The van der Waals surface area contributed by atoms with Gasteiger partial charge >= 0.3 is 5.97 Å². The fourth-order valence-corrected chi connectivity index (χ4v) is 7.81. The molecule has 258 valence electrons. The Morgan fingerprint density at radius 3 is 2.57 bits per heavy atom. The number of aliphatic hydroxyl groups excluding tert-OH is 1. The summed E-state index contributed by atoms with van der Waals surface area (Å²) in [5.74, 6) is -2.93. The number of carbonyl (C=O) groups is 4. The Kier molecular flexibility index (Phi) is 12.8. The van der Waals surface area contributed by atoms with Crippen LogP contribution in [0.4, 0.5) is 0 Å². The van der Waals surface area contributed by atoms with Gasteiger partial charge in [0.1, 0.15) is 17.7 Å². The first-order valence-corrected chi connectivity index (χ1v) is 17.3. The van der Waals surface area contributed by atoms with Gasteiger partial charge in [0.15, 0.2) is 0 Å². The van der Waals surface area contributed by atoms with Crippen molar-refractivity contribution in [3.05, 3.63) is 61.2 Å². The smallest absolute Gasteiger partial charge is 0.313 e. The molecule has 3 aliphatic heterocycles. The first-order chi connectivity index (χ1) is 22.6. The predicted molar refractivity (Wildman–Crippen MR) is 179 cm³/mol. The lowest BCUT2D eigenvalue weighted by molar-refractivity contribution is -0.162. The van der Waals surface area contributed by atoms with Crippen molar-refractivity contribution in [3.8, 4) is 0 Å². The number of benzene rings is 1. The summed E-state index contributed by atoms with van der Waals surface area (Å²) in [6.07, 6.45) is 7.45. The number of allylic oxidation sites excluding steroid dienone is 1. The molecular formula is C37H53N3O7. The summed E-state index contributed by atoms with van der Waals surface area (Å²) in [6, 6.07) is 7.76. The normalized spacial score (nSPS) is 26.3. The number of amides is 3. The van der Waals surface area contributed by atoms with Gasteiger partial charge in [-0.2, -0.15) is 0 Å². The number of fused-ring (bicyclic) bond motifs is 1. The number of likely N-dealkylation sites (tertiary alicyclic amines) is 1. The molecule has 3 amide bonds. The topological polar surface area (TPSA) is 125 Å². The fraction of sp³-hybridized carbons (Fsp3) is 0.622. The summed E-state index contributed by atoms with van der Waals surface area (Å²) in [5, 5.41) is 12.3. The lowest BCUT2D eigenvalue weighted by Gasteiger charge is -2.39. The van der Waals surface area contributed by atoms with Crippen LogP contribution in [-0.4, -0.2) is 88.1 Å². The molecule has 3 fully saturated rings. The number of nitrogens with one attached hydrogen (secondary N) is 1. The number of esters is 1. The molecule has 0 radical (unpaired) electrons. The number of unbranched alkanes of at least 4 members (excludes halogenated alkanes) is 2. The Hall–Kier alpha value is -3.50. The van der Waals surface area contributed by atoms with E-state index in [1.807, 2.05) is 37.3 Å². The molecule has 1 spiro atoms. The van der Waals surface area contributed by atoms with E-state index in [1.54, 1.807) is 28.9 Å². The van der Waals surface area contributed by atoms with Crippen LogP contribution in [0.2, 0.25) is 0 Å². The lowest BCUT2D eigenvalue weighted by atomic mass is 9.70. The Morgan fingerprint density at radius 1 is 1.17 bits per heavy atom. The summed E-state index contributed by atoms with van der Waals surface area (Å²) in [6.45, 7) is 14.2. The van der Waals surface area contributed by atoms with Gasteiger partial charge in [0, 0.05) is 32.2 Å². The third kappa shape index (κ3) is 7.64. The zero-order chi connectivity index (χ0) is 34.1. The lowest BCUT2D eigenvalue weighted by Crippen LogP contribution is -2.57. The van der Waals surface area contributed by atoms with E-state index in [9.17, 15) is 24.3 Å². The molecule has 1 aromatic carbocycles. The summed E-state index contributed by atoms with van der Waals surface area (Å²) < 4.78 is 12.9. The maximum atomic E-state index is 14.5. The molecule has 3 heterocycles. The highest BCUT2D eigenvalue weighted by atomic mass is 16.6. The van der Waals surface area contributed by atoms with Gasteiger partial charge < -0.3 is 29.7 Å². The second kappa shape index (κ2) is 16.6. The third-order valence-corrected chi connectivity index (χ3v) is 10.0. The molecule has 2 bridgehead atoms. The van der Waals surface area contributed by atoms with Crippen LogP contribution in [-0.2, 0) is 28.7 Å². The molecule has 0 aliphatic carbocycles. The minimum atomic E-state index is -1.14. The second-order valence-electron chi connectivity index (χ2n) is 13.2. The van der Waals surface area contributed by atoms with Crippen molar-refractivity contribution in [1.82, 2.24) is 15.1 Å². The molecule has 10 nitrogen and oxygen atoms in total. The van der Waals surface area contributed by atoms with Gasteiger partial charge in [-0.05, 0) is 64.4 Å². The largest absolute Gasteiger partial charge is 0.455 e. The Labute approximate surface area is 279 Å². The number of ether oxygens (including phenoxy) is 2. The number of aliphatic hydroxyl groups is 1. The first kappa shape index (κ1) is 36.3. The van der Waals surface area contributed by atoms with Crippen LogP contribution in [0, 0.1) is 11.8 Å². The van der Waals surface area contributed by atoms with E-state index in [-0.39, 0.29) is 36.8 Å². The van der Waals surface area contributed by atoms with Crippen molar-refractivity contribution in [2.75, 3.05) is 19.7 Å². The highest BCUT2D eigenvalue weighted by Gasteiger charge is 2.75. The quantitative estimate of drug-likeness (QED) is 0.128. The maximum Gasteiger partial charge on any atom is 0.313 e. The van der Waals surface area contributed by atoms with Gasteiger partial charge in [-0.3, -0.25) is 19.2 Å². The second-order valence-corrected chi connectivity index (χ2v) is 13.2. The summed E-state index contributed by atoms with van der Waals surface area (Å²) in [4.78, 5) is 59.2. The van der Waals surface area contributed by atoms with Crippen molar-refractivity contribution < 1.29 is 33.8 Å². The summed E-state index contributed by atoms with van der Waals surface area (Å²) >= 11 is 0. The minimum Gasteiger partial charge on any atom is -0.455 e. The van der Waals surface area contributed by atoms with E-state index in [2.05, 4.69) is 25.4 Å². The molecular weight excluding hydrogens is 598 g/mol. The molecule has 3 saturated heterocycles. The highest BCUT2D eigenvalue weighted by molar-refractivity contribution is 5.98. The Bertz CT molecular complexity index is 1270. The van der Waals surface area contributed by atoms with E-state index < -0.39 is 47.7 Å². The zero-order valence-electron chi connectivity index (χ0n) is 28.3. The molecule has 1 unspecified atom stereocenters. The maximum absolute atomic E-state index is 14.5. The molecule has 2 N–H and O–H groups in total.